The summed E-state index contributed by atoms with van der Waals surface area (Å²) in [5.74, 6) is 1.02. The predicted octanol–water partition coefficient (Wildman–Crippen LogP) is 5.79. The molecule has 0 fully saturated rings. The van der Waals surface area contributed by atoms with Crippen LogP contribution in [0.1, 0.15) is 52.9 Å². The number of nitrogens with one attached hydrogen (secondary N) is 1. The van der Waals surface area contributed by atoms with Gasteiger partial charge in [0.15, 0.2) is 0 Å². The van der Waals surface area contributed by atoms with Crippen LogP contribution in [0.2, 0.25) is 0 Å². The summed E-state index contributed by atoms with van der Waals surface area (Å²) in [6.07, 6.45) is 5.78. The zero-order chi connectivity index (χ0) is 17.2. The van der Waals surface area contributed by atoms with Crippen LogP contribution in [0.5, 0.6) is 0 Å². The number of carbonyl (C=O) groups excluding carboxylic acids is 1. The SMILES string of the molecule is C[C@@H]1CC2=C(C[C@H]1COC(=O)Nc1ccccc1)C(C)(C)CCC2. The summed E-state index contributed by atoms with van der Waals surface area (Å²) >= 11 is 0. The van der Waals surface area contributed by atoms with E-state index in [4.69, 9.17) is 4.74 Å². The van der Waals surface area contributed by atoms with E-state index in [0.717, 1.165) is 12.1 Å². The van der Waals surface area contributed by atoms with E-state index in [9.17, 15) is 4.79 Å². The van der Waals surface area contributed by atoms with Crippen molar-refractivity contribution < 1.29 is 9.53 Å². The summed E-state index contributed by atoms with van der Waals surface area (Å²) in [4.78, 5) is 12.0. The number of amides is 1. The second-order valence-corrected chi connectivity index (χ2v) is 8.05. The Labute approximate surface area is 145 Å². The number of anilines is 1. The van der Waals surface area contributed by atoms with Gasteiger partial charge in [-0.15, -0.1) is 0 Å². The van der Waals surface area contributed by atoms with E-state index < -0.39 is 0 Å². The summed E-state index contributed by atoms with van der Waals surface area (Å²) in [7, 11) is 0. The van der Waals surface area contributed by atoms with Gasteiger partial charge in [0.05, 0.1) is 6.61 Å². The molecule has 3 nitrogen and oxygen atoms in total. The van der Waals surface area contributed by atoms with Crippen LogP contribution in [0.3, 0.4) is 0 Å². The van der Waals surface area contributed by atoms with Crippen LogP contribution in [-0.4, -0.2) is 12.7 Å². The zero-order valence-electron chi connectivity index (χ0n) is 15.1. The van der Waals surface area contributed by atoms with Crippen molar-refractivity contribution in [3.8, 4) is 0 Å². The fourth-order valence-corrected chi connectivity index (χ4v) is 4.27. The smallest absolute Gasteiger partial charge is 0.411 e. The third-order valence-electron chi connectivity index (χ3n) is 5.81. The summed E-state index contributed by atoms with van der Waals surface area (Å²) in [5, 5.41) is 2.80. The molecular formula is C21H29NO2. The maximum absolute atomic E-state index is 12.0. The second kappa shape index (κ2) is 7.00. The van der Waals surface area contributed by atoms with Gasteiger partial charge in [-0.2, -0.15) is 0 Å². The van der Waals surface area contributed by atoms with Gasteiger partial charge in [-0.3, -0.25) is 5.32 Å². The Hall–Kier alpha value is -1.77. The molecule has 130 valence electrons. The summed E-state index contributed by atoms with van der Waals surface area (Å²) in [6, 6.07) is 9.46. The zero-order valence-corrected chi connectivity index (χ0v) is 15.1. The molecule has 0 bridgehead atoms. The third kappa shape index (κ3) is 3.82. The minimum absolute atomic E-state index is 0.318. The molecule has 0 unspecified atom stereocenters. The van der Waals surface area contributed by atoms with Crippen molar-refractivity contribution in [2.45, 2.75) is 52.9 Å². The first kappa shape index (κ1) is 17.1. The number of para-hydroxylation sites is 1. The molecule has 0 heterocycles. The lowest BCUT2D eigenvalue weighted by Crippen LogP contribution is -2.32. The van der Waals surface area contributed by atoms with Crippen molar-refractivity contribution in [1.82, 2.24) is 0 Å². The quantitative estimate of drug-likeness (QED) is 0.714. The first-order valence-electron chi connectivity index (χ1n) is 9.16. The van der Waals surface area contributed by atoms with Crippen LogP contribution in [0.15, 0.2) is 41.5 Å². The highest BCUT2D eigenvalue weighted by Gasteiger charge is 2.36. The number of ether oxygens (including phenoxy) is 1. The van der Waals surface area contributed by atoms with Crippen LogP contribution >= 0.6 is 0 Å². The highest BCUT2D eigenvalue weighted by molar-refractivity contribution is 5.84. The molecular weight excluding hydrogens is 298 g/mol. The molecule has 3 heteroatoms. The highest BCUT2D eigenvalue weighted by Crippen LogP contribution is 2.49. The van der Waals surface area contributed by atoms with Crippen LogP contribution in [0, 0.1) is 17.3 Å². The first-order valence-corrected chi connectivity index (χ1v) is 9.16. The van der Waals surface area contributed by atoms with Crippen LogP contribution in [-0.2, 0) is 4.74 Å². The Morgan fingerprint density at radius 3 is 2.75 bits per heavy atom. The lowest BCUT2D eigenvalue weighted by atomic mass is 9.63. The summed E-state index contributed by atoms with van der Waals surface area (Å²) < 4.78 is 5.53. The van der Waals surface area contributed by atoms with E-state index in [-0.39, 0.29) is 6.09 Å². The van der Waals surface area contributed by atoms with Gasteiger partial charge < -0.3 is 4.74 Å². The van der Waals surface area contributed by atoms with Crippen molar-refractivity contribution >= 4 is 11.8 Å². The van der Waals surface area contributed by atoms with Gasteiger partial charge in [-0.25, -0.2) is 4.79 Å². The topological polar surface area (TPSA) is 38.3 Å². The molecule has 0 radical (unpaired) electrons. The third-order valence-corrected chi connectivity index (χ3v) is 5.81. The van der Waals surface area contributed by atoms with E-state index in [2.05, 4.69) is 26.1 Å². The minimum atomic E-state index is -0.351. The number of allylic oxidation sites excluding steroid dienone is 2. The lowest BCUT2D eigenvalue weighted by Gasteiger charge is -2.42. The summed E-state index contributed by atoms with van der Waals surface area (Å²) in [6.45, 7) is 7.55. The number of hydrogen-bond acceptors (Lipinski definition) is 2. The second-order valence-electron chi connectivity index (χ2n) is 8.05. The van der Waals surface area contributed by atoms with E-state index in [1.54, 1.807) is 11.1 Å². The van der Waals surface area contributed by atoms with Gasteiger partial charge in [0.2, 0.25) is 0 Å². The highest BCUT2D eigenvalue weighted by atomic mass is 16.5. The van der Waals surface area contributed by atoms with Crippen molar-refractivity contribution in [1.29, 1.82) is 0 Å². The van der Waals surface area contributed by atoms with Gasteiger partial charge >= 0.3 is 6.09 Å². The maximum Gasteiger partial charge on any atom is 0.411 e. The Morgan fingerprint density at radius 1 is 1.25 bits per heavy atom. The maximum atomic E-state index is 12.0. The van der Waals surface area contributed by atoms with E-state index in [1.165, 1.54) is 25.7 Å². The Morgan fingerprint density at radius 2 is 2.00 bits per heavy atom. The van der Waals surface area contributed by atoms with Gasteiger partial charge in [-0.05, 0) is 61.5 Å². The van der Waals surface area contributed by atoms with Crippen LogP contribution < -0.4 is 5.32 Å². The molecule has 2 aliphatic rings. The molecule has 2 aliphatic carbocycles. The molecule has 1 aromatic carbocycles. The minimum Gasteiger partial charge on any atom is -0.449 e. The fraction of sp³-hybridized carbons (Fsp3) is 0.571. The number of carbonyl (C=O) groups is 1. The molecule has 2 atom stereocenters. The monoisotopic (exact) mass is 327 g/mol. The van der Waals surface area contributed by atoms with Crippen molar-refractivity contribution in [2.24, 2.45) is 17.3 Å². The largest absolute Gasteiger partial charge is 0.449 e. The molecule has 0 aromatic heterocycles. The van der Waals surface area contributed by atoms with Gasteiger partial charge in [0, 0.05) is 5.69 Å². The average molecular weight is 327 g/mol. The van der Waals surface area contributed by atoms with Gasteiger partial charge in [-0.1, -0.05) is 50.1 Å². The van der Waals surface area contributed by atoms with Crippen LogP contribution in [0.4, 0.5) is 10.5 Å². The average Bonchev–Trinajstić information content (AvgIpc) is 2.54. The number of hydrogen-bond donors (Lipinski definition) is 1. The first-order chi connectivity index (χ1) is 11.5. The number of benzene rings is 1. The fourth-order valence-electron chi connectivity index (χ4n) is 4.27. The molecule has 24 heavy (non-hydrogen) atoms. The van der Waals surface area contributed by atoms with Crippen LogP contribution in [0.25, 0.3) is 0 Å². The summed E-state index contributed by atoms with van der Waals surface area (Å²) in [5.41, 5.74) is 4.42. The molecule has 0 saturated carbocycles. The number of rotatable bonds is 3. The molecule has 0 aliphatic heterocycles. The van der Waals surface area contributed by atoms with Gasteiger partial charge in [0.25, 0.3) is 0 Å². The Balaban J connectivity index is 1.58. The van der Waals surface area contributed by atoms with Crippen molar-refractivity contribution in [2.75, 3.05) is 11.9 Å². The predicted molar refractivity (Wildman–Crippen MR) is 98.0 cm³/mol. The lowest BCUT2D eigenvalue weighted by molar-refractivity contribution is 0.115. The molecule has 1 amide bonds. The van der Waals surface area contributed by atoms with E-state index >= 15 is 0 Å². The molecule has 3 rings (SSSR count). The Bertz CT molecular complexity index is 618. The van der Waals surface area contributed by atoms with Crippen molar-refractivity contribution in [3.63, 3.8) is 0 Å². The van der Waals surface area contributed by atoms with Gasteiger partial charge in [0.1, 0.15) is 0 Å². The molecule has 0 saturated heterocycles. The van der Waals surface area contributed by atoms with Crippen molar-refractivity contribution in [3.05, 3.63) is 41.5 Å². The standard InChI is InChI=1S/C21H29NO2/c1-15-12-16-8-7-11-21(2,3)19(16)13-17(15)14-24-20(23)22-18-9-5-4-6-10-18/h4-6,9-10,15,17H,7-8,11-14H2,1-3H3,(H,22,23)/t15-,17+/m1/s1. The van der Waals surface area contributed by atoms with E-state index in [1.807, 2.05) is 30.3 Å². The molecule has 0 spiro atoms. The molecule has 1 N–H and O–H groups in total. The van der Waals surface area contributed by atoms with E-state index in [0.29, 0.717) is 23.9 Å². The molecule has 1 aromatic rings. The normalized spacial score (nSPS) is 25.8. The Kier molecular flexibility index (Phi) is 4.98.